The summed E-state index contributed by atoms with van der Waals surface area (Å²) in [7, 11) is 1.61. The van der Waals surface area contributed by atoms with E-state index in [4.69, 9.17) is 0 Å². The number of nitrogens with one attached hydrogen (secondary N) is 4. The highest BCUT2D eigenvalue weighted by atomic mass is 127. The number of guanidine groups is 1. The normalized spacial score (nSPS) is 11.1. The first kappa shape index (κ1) is 22.6. The molecule has 1 amide bonds. The highest BCUT2D eigenvalue weighted by Gasteiger charge is 2.07. The van der Waals surface area contributed by atoms with E-state index < -0.39 is 0 Å². The lowest BCUT2D eigenvalue weighted by Crippen LogP contribution is -2.42. The molecule has 29 heavy (non-hydrogen) atoms. The summed E-state index contributed by atoms with van der Waals surface area (Å²) in [6, 6.07) is 10.2. The lowest BCUT2D eigenvalue weighted by molar-refractivity contribution is -0.115. The minimum absolute atomic E-state index is 0. The number of amides is 1. The van der Waals surface area contributed by atoms with Crippen LogP contribution in [0.1, 0.15) is 5.56 Å². The first-order chi connectivity index (χ1) is 13.5. The predicted molar refractivity (Wildman–Crippen MR) is 122 cm³/mol. The van der Waals surface area contributed by atoms with Crippen LogP contribution in [-0.2, 0) is 11.2 Å². The van der Waals surface area contributed by atoms with Gasteiger partial charge in [0.15, 0.2) is 5.96 Å². The molecule has 0 aliphatic heterocycles. The zero-order valence-electron chi connectivity index (χ0n) is 15.8. The van der Waals surface area contributed by atoms with E-state index in [1.165, 1.54) is 36.4 Å². The molecule has 4 N–H and O–H groups in total. The Kier molecular flexibility index (Phi) is 8.37. The van der Waals surface area contributed by atoms with E-state index in [9.17, 15) is 13.6 Å². The van der Waals surface area contributed by atoms with E-state index in [-0.39, 0.29) is 48.1 Å². The first-order valence-corrected chi connectivity index (χ1v) is 8.80. The number of rotatable bonds is 6. The van der Waals surface area contributed by atoms with Crippen molar-refractivity contribution in [3.8, 4) is 0 Å². The smallest absolute Gasteiger partial charge is 0.243 e. The fourth-order valence-electron chi connectivity index (χ4n) is 2.80. The summed E-state index contributed by atoms with van der Waals surface area (Å²) >= 11 is 0. The Hall–Kier alpha value is -2.69. The molecule has 0 saturated carbocycles. The third-order valence-electron chi connectivity index (χ3n) is 4.18. The first-order valence-electron chi connectivity index (χ1n) is 8.80. The molecule has 0 atom stereocenters. The molecule has 3 rings (SSSR count). The number of benzene rings is 2. The average Bonchev–Trinajstić information content (AvgIpc) is 3.08. The fraction of sp³-hybridized carbons (Fsp3) is 0.200. The van der Waals surface area contributed by atoms with E-state index in [1.54, 1.807) is 13.1 Å². The van der Waals surface area contributed by atoms with Gasteiger partial charge in [0.05, 0.1) is 6.54 Å². The zero-order valence-corrected chi connectivity index (χ0v) is 18.1. The molecule has 0 saturated heterocycles. The van der Waals surface area contributed by atoms with Crippen molar-refractivity contribution in [1.29, 1.82) is 0 Å². The van der Waals surface area contributed by atoms with Crippen molar-refractivity contribution in [2.75, 3.05) is 25.5 Å². The van der Waals surface area contributed by atoms with Gasteiger partial charge in [0, 0.05) is 36.4 Å². The van der Waals surface area contributed by atoms with Gasteiger partial charge < -0.3 is 20.9 Å². The van der Waals surface area contributed by atoms with Crippen LogP contribution in [0.4, 0.5) is 14.5 Å². The standard InChI is InChI=1S/C20H21F2N5O.HI/c1-23-20(26-12-19(28)27-16-5-2-14(21)3-6-16)24-9-8-13-11-25-18-10-15(22)4-7-17(13)18;/h2-7,10-11,25H,8-9,12H2,1H3,(H,27,28)(H2,23,24,26);1H. The van der Waals surface area contributed by atoms with Crippen LogP contribution in [0.2, 0.25) is 0 Å². The number of hydrogen-bond donors (Lipinski definition) is 4. The summed E-state index contributed by atoms with van der Waals surface area (Å²) in [6.07, 6.45) is 2.56. The molecule has 0 aliphatic carbocycles. The number of nitrogens with zero attached hydrogens (tertiary/aromatic N) is 1. The number of aromatic amines is 1. The van der Waals surface area contributed by atoms with E-state index in [2.05, 4.69) is 25.9 Å². The number of hydrogen-bond acceptors (Lipinski definition) is 2. The highest BCUT2D eigenvalue weighted by Crippen LogP contribution is 2.19. The van der Waals surface area contributed by atoms with Crippen molar-refractivity contribution in [1.82, 2.24) is 15.6 Å². The molecule has 1 aromatic heterocycles. The Balaban J connectivity index is 0.00000300. The van der Waals surface area contributed by atoms with Crippen LogP contribution in [0.5, 0.6) is 0 Å². The number of fused-ring (bicyclic) bond motifs is 1. The quantitative estimate of drug-likeness (QED) is 0.232. The topological polar surface area (TPSA) is 81.3 Å². The summed E-state index contributed by atoms with van der Waals surface area (Å²) in [5, 5.41) is 9.70. The van der Waals surface area contributed by atoms with Crippen LogP contribution in [0, 0.1) is 11.6 Å². The molecule has 0 spiro atoms. The number of carbonyl (C=O) groups is 1. The number of anilines is 1. The van der Waals surface area contributed by atoms with Gasteiger partial charge in [-0.15, -0.1) is 24.0 Å². The van der Waals surface area contributed by atoms with Crippen molar-refractivity contribution >= 4 is 52.4 Å². The molecule has 0 unspecified atom stereocenters. The lowest BCUT2D eigenvalue weighted by atomic mass is 10.1. The summed E-state index contributed by atoms with van der Waals surface area (Å²) in [6.45, 7) is 0.604. The third kappa shape index (κ3) is 6.41. The van der Waals surface area contributed by atoms with E-state index in [0.29, 0.717) is 24.6 Å². The zero-order chi connectivity index (χ0) is 19.9. The maximum atomic E-state index is 13.2. The second-order valence-corrected chi connectivity index (χ2v) is 6.16. The van der Waals surface area contributed by atoms with E-state index in [0.717, 1.165) is 16.5 Å². The van der Waals surface area contributed by atoms with Crippen molar-refractivity contribution in [3.05, 3.63) is 65.9 Å². The van der Waals surface area contributed by atoms with Gasteiger partial charge in [0.1, 0.15) is 11.6 Å². The highest BCUT2D eigenvalue weighted by molar-refractivity contribution is 14.0. The minimum atomic E-state index is -0.360. The molecule has 0 fully saturated rings. The van der Waals surface area contributed by atoms with Crippen molar-refractivity contribution in [3.63, 3.8) is 0 Å². The van der Waals surface area contributed by atoms with Crippen LogP contribution >= 0.6 is 24.0 Å². The number of halogens is 3. The van der Waals surface area contributed by atoms with Gasteiger partial charge in [-0.05, 0) is 54.4 Å². The van der Waals surface area contributed by atoms with E-state index >= 15 is 0 Å². The van der Waals surface area contributed by atoms with Crippen molar-refractivity contribution in [2.24, 2.45) is 4.99 Å². The molecule has 0 bridgehead atoms. The number of H-pyrrole nitrogens is 1. The van der Waals surface area contributed by atoms with Crippen LogP contribution in [0.3, 0.4) is 0 Å². The SMILES string of the molecule is CN=C(NCCc1c[nH]c2cc(F)ccc12)NCC(=O)Nc1ccc(F)cc1.I. The molecule has 3 aromatic rings. The van der Waals surface area contributed by atoms with Gasteiger partial charge in [-0.2, -0.15) is 0 Å². The van der Waals surface area contributed by atoms with Crippen LogP contribution < -0.4 is 16.0 Å². The largest absolute Gasteiger partial charge is 0.361 e. The molecular weight excluding hydrogens is 491 g/mol. The average molecular weight is 513 g/mol. The van der Waals surface area contributed by atoms with E-state index in [1.807, 2.05) is 6.20 Å². The molecule has 9 heteroatoms. The van der Waals surface area contributed by atoms with Crippen molar-refractivity contribution in [2.45, 2.75) is 6.42 Å². The predicted octanol–water partition coefficient (Wildman–Crippen LogP) is 3.41. The molecule has 2 aromatic carbocycles. The van der Waals surface area contributed by atoms with Gasteiger partial charge in [-0.25, -0.2) is 8.78 Å². The monoisotopic (exact) mass is 513 g/mol. The van der Waals surface area contributed by atoms with Gasteiger partial charge in [-0.1, -0.05) is 0 Å². The maximum Gasteiger partial charge on any atom is 0.243 e. The van der Waals surface area contributed by atoms with Gasteiger partial charge in [0.2, 0.25) is 5.91 Å². The molecule has 1 heterocycles. The second kappa shape index (κ2) is 10.7. The Morgan fingerprint density at radius 1 is 1.07 bits per heavy atom. The molecule has 0 aliphatic rings. The fourth-order valence-corrected chi connectivity index (χ4v) is 2.80. The Morgan fingerprint density at radius 3 is 2.52 bits per heavy atom. The van der Waals surface area contributed by atoms with Gasteiger partial charge in [0.25, 0.3) is 0 Å². The number of aliphatic imine (C=N–C) groups is 1. The van der Waals surface area contributed by atoms with Crippen molar-refractivity contribution < 1.29 is 13.6 Å². The second-order valence-electron chi connectivity index (χ2n) is 6.16. The summed E-state index contributed by atoms with van der Waals surface area (Å²) in [4.78, 5) is 19.1. The Bertz CT molecular complexity index is 988. The van der Waals surface area contributed by atoms with Crippen LogP contribution in [-0.4, -0.2) is 37.0 Å². The molecule has 6 nitrogen and oxygen atoms in total. The Morgan fingerprint density at radius 2 is 1.79 bits per heavy atom. The lowest BCUT2D eigenvalue weighted by Gasteiger charge is -2.12. The number of aromatic nitrogens is 1. The third-order valence-corrected chi connectivity index (χ3v) is 4.18. The molecular formula is C20H22F2IN5O. The van der Waals surface area contributed by atoms with Gasteiger partial charge in [-0.3, -0.25) is 9.79 Å². The Labute approximate surface area is 184 Å². The maximum absolute atomic E-state index is 13.2. The number of carbonyl (C=O) groups excluding carboxylic acids is 1. The van der Waals surface area contributed by atoms with Crippen LogP contribution in [0.15, 0.2) is 53.7 Å². The summed E-state index contributed by atoms with van der Waals surface area (Å²) in [5.74, 6) is -0.419. The molecule has 154 valence electrons. The minimum Gasteiger partial charge on any atom is -0.361 e. The summed E-state index contributed by atoms with van der Waals surface area (Å²) in [5.41, 5.74) is 2.34. The summed E-state index contributed by atoms with van der Waals surface area (Å²) < 4.78 is 26.1. The van der Waals surface area contributed by atoms with Gasteiger partial charge >= 0.3 is 0 Å². The van der Waals surface area contributed by atoms with Crippen LogP contribution in [0.25, 0.3) is 10.9 Å². The molecule has 0 radical (unpaired) electrons.